The summed E-state index contributed by atoms with van der Waals surface area (Å²) in [6, 6.07) is 17.8. The number of rotatable bonds is 9. The van der Waals surface area contributed by atoms with Crippen molar-refractivity contribution in [1.82, 2.24) is 10.0 Å². The molecule has 9 heteroatoms. The molecule has 0 saturated carbocycles. The number of nitrogens with one attached hydrogen (secondary N) is 2. The predicted octanol–water partition coefficient (Wildman–Crippen LogP) is 3.69. The van der Waals surface area contributed by atoms with Gasteiger partial charge in [-0.3, -0.25) is 4.79 Å². The Bertz CT molecular complexity index is 1170. The summed E-state index contributed by atoms with van der Waals surface area (Å²) in [7, 11) is -2.80. The summed E-state index contributed by atoms with van der Waals surface area (Å²) >= 11 is 5.98. The Morgan fingerprint density at radius 1 is 1.03 bits per heavy atom. The van der Waals surface area contributed by atoms with Crippen molar-refractivity contribution in [1.29, 1.82) is 0 Å². The highest BCUT2D eigenvalue weighted by Gasteiger charge is 2.28. The highest BCUT2D eigenvalue weighted by atomic mass is 35.5. The summed E-state index contributed by atoms with van der Waals surface area (Å²) in [6.07, 6.45) is 0.123. The lowest BCUT2D eigenvalue weighted by Crippen LogP contribution is -2.47. The summed E-state index contributed by atoms with van der Waals surface area (Å²) in [5.74, 6) is -0.805. The summed E-state index contributed by atoms with van der Waals surface area (Å²) < 4.78 is 46.9. The normalized spacial score (nSPS) is 12.2. The number of hydrogen-bond donors (Lipinski definition) is 2. The number of hydrogen-bond acceptors (Lipinski definition) is 4. The Hall–Kier alpha value is -2.94. The van der Waals surface area contributed by atoms with Crippen LogP contribution in [-0.4, -0.2) is 27.5 Å². The Kier molecular flexibility index (Phi) is 7.84. The van der Waals surface area contributed by atoms with E-state index in [0.717, 1.165) is 5.56 Å². The lowest BCUT2D eigenvalue weighted by Gasteiger charge is -2.20. The molecule has 3 rings (SSSR count). The quantitative estimate of drug-likeness (QED) is 0.493. The standard InChI is InChI=1S/C23H22ClFN2O4S/c1-31-21-12-9-18(24)14-22(21)32(29,30)27-20(13-16-5-3-2-4-6-16)23(28)26-15-17-7-10-19(25)11-8-17/h2-12,14,20,27H,13,15H2,1H3,(H,26,28). The van der Waals surface area contributed by atoms with E-state index >= 15 is 0 Å². The van der Waals surface area contributed by atoms with Gasteiger partial charge in [0.1, 0.15) is 22.5 Å². The molecule has 3 aromatic carbocycles. The van der Waals surface area contributed by atoms with Gasteiger partial charge in [0.15, 0.2) is 0 Å². The molecule has 0 aromatic heterocycles. The molecule has 0 aliphatic heterocycles. The zero-order chi connectivity index (χ0) is 23.1. The number of carbonyl (C=O) groups is 1. The molecule has 32 heavy (non-hydrogen) atoms. The fourth-order valence-electron chi connectivity index (χ4n) is 3.06. The zero-order valence-electron chi connectivity index (χ0n) is 17.2. The van der Waals surface area contributed by atoms with E-state index in [9.17, 15) is 17.6 Å². The van der Waals surface area contributed by atoms with Gasteiger partial charge in [-0.15, -0.1) is 0 Å². The van der Waals surface area contributed by atoms with Crippen LogP contribution < -0.4 is 14.8 Å². The van der Waals surface area contributed by atoms with Crippen molar-refractivity contribution in [2.75, 3.05) is 7.11 Å². The number of sulfonamides is 1. The number of methoxy groups -OCH3 is 1. The molecule has 0 spiro atoms. The lowest BCUT2D eigenvalue weighted by molar-refractivity contribution is -0.122. The van der Waals surface area contributed by atoms with E-state index in [0.29, 0.717) is 5.56 Å². The molecule has 168 valence electrons. The Balaban J connectivity index is 1.84. The van der Waals surface area contributed by atoms with Crippen molar-refractivity contribution in [2.45, 2.75) is 23.9 Å². The Morgan fingerprint density at radius 3 is 2.38 bits per heavy atom. The SMILES string of the molecule is COc1ccc(Cl)cc1S(=O)(=O)NC(Cc1ccccc1)C(=O)NCc1ccc(F)cc1. The van der Waals surface area contributed by atoms with E-state index in [2.05, 4.69) is 10.0 Å². The maximum atomic E-state index is 13.1. The summed E-state index contributed by atoms with van der Waals surface area (Å²) in [4.78, 5) is 12.8. The second-order valence-corrected chi connectivity index (χ2v) is 9.12. The monoisotopic (exact) mass is 476 g/mol. The van der Waals surface area contributed by atoms with Crippen LogP contribution in [0, 0.1) is 5.82 Å². The fourth-order valence-corrected chi connectivity index (χ4v) is 4.69. The minimum absolute atomic E-state index is 0.104. The van der Waals surface area contributed by atoms with Gasteiger partial charge >= 0.3 is 0 Å². The van der Waals surface area contributed by atoms with Gasteiger partial charge < -0.3 is 10.1 Å². The first-order valence-electron chi connectivity index (χ1n) is 9.70. The second-order valence-electron chi connectivity index (χ2n) is 7.00. The highest BCUT2D eigenvalue weighted by Crippen LogP contribution is 2.27. The number of benzene rings is 3. The first kappa shape index (κ1) is 23.7. The number of ether oxygens (including phenoxy) is 1. The Labute approximate surface area is 191 Å². The van der Waals surface area contributed by atoms with Gasteiger partial charge in [0, 0.05) is 11.6 Å². The molecule has 1 atom stereocenters. The largest absolute Gasteiger partial charge is 0.495 e. The maximum Gasteiger partial charge on any atom is 0.245 e. The number of amides is 1. The molecule has 0 aliphatic rings. The highest BCUT2D eigenvalue weighted by molar-refractivity contribution is 7.89. The van der Waals surface area contributed by atoms with Crippen molar-refractivity contribution >= 4 is 27.5 Å². The molecule has 0 heterocycles. The van der Waals surface area contributed by atoms with Crippen LogP contribution in [0.4, 0.5) is 4.39 Å². The molecule has 3 aromatic rings. The van der Waals surface area contributed by atoms with E-state index < -0.39 is 22.0 Å². The van der Waals surface area contributed by atoms with E-state index in [4.69, 9.17) is 16.3 Å². The molecular weight excluding hydrogens is 455 g/mol. The second kappa shape index (κ2) is 10.6. The van der Waals surface area contributed by atoms with Crippen LogP contribution in [0.25, 0.3) is 0 Å². The van der Waals surface area contributed by atoms with Gasteiger partial charge in [0.25, 0.3) is 0 Å². The van der Waals surface area contributed by atoms with Gasteiger partial charge in [-0.1, -0.05) is 54.1 Å². The van der Waals surface area contributed by atoms with Crippen LogP contribution in [0.1, 0.15) is 11.1 Å². The third kappa shape index (κ3) is 6.29. The average Bonchev–Trinajstić information content (AvgIpc) is 2.78. The smallest absolute Gasteiger partial charge is 0.245 e. The lowest BCUT2D eigenvalue weighted by atomic mass is 10.1. The minimum Gasteiger partial charge on any atom is -0.495 e. The van der Waals surface area contributed by atoms with E-state index in [1.54, 1.807) is 36.4 Å². The third-order valence-corrected chi connectivity index (χ3v) is 6.42. The molecule has 1 amide bonds. The van der Waals surface area contributed by atoms with Gasteiger partial charge in [-0.2, -0.15) is 4.72 Å². The molecule has 0 fully saturated rings. The van der Waals surface area contributed by atoms with Gasteiger partial charge in [-0.25, -0.2) is 12.8 Å². The van der Waals surface area contributed by atoms with Gasteiger partial charge in [0.05, 0.1) is 7.11 Å². The molecule has 0 radical (unpaired) electrons. The fraction of sp³-hybridized carbons (Fsp3) is 0.174. The van der Waals surface area contributed by atoms with Crippen LogP contribution in [0.5, 0.6) is 5.75 Å². The van der Waals surface area contributed by atoms with Crippen LogP contribution in [-0.2, 0) is 27.8 Å². The summed E-state index contributed by atoms with van der Waals surface area (Å²) in [6.45, 7) is 0.118. The van der Waals surface area contributed by atoms with Crippen molar-refractivity contribution in [3.05, 3.63) is 94.8 Å². The first-order chi connectivity index (χ1) is 15.3. The van der Waals surface area contributed by atoms with Crippen molar-refractivity contribution < 1.29 is 22.3 Å². The van der Waals surface area contributed by atoms with Crippen LogP contribution in [0.15, 0.2) is 77.7 Å². The molecule has 6 nitrogen and oxygen atoms in total. The van der Waals surface area contributed by atoms with Crippen molar-refractivity contribution in [2.24, 2.45) is 0 Å². The third-order valence-electron chi connectivity index (χ3n) is 4.69. The summed E-state index contributed by atoms with van der Waals surface area (Å²) in [5.41, 5.74) is 1.45. The molecule has 1 unspecified atom stereocenters. The molecular formula is C23H22ClFN2O4S. The van der Waals surface area contributed by atoms with Crippen LogP contribution in [0.3, 0.4) is 0 Å². The minimum atomic E-state index is -4.15. The van der Waals surface area contributed by atoms with E-state index in [-0.39, 0.29) is 34.5 Å². The molecule has 0 bridgehead atoms. The first-order valence-corrected chi connectivity index (χ1v) is 11.6. The molecule has 0 aliphatic carbocycles. The van der Waals surface area contributed by atoms with Crippen molar-refractivity contribution in [3.63, 3.8) is 0 Å². The zero-order valence-corrected chi connectivity index (χ0v) is 18.8. The van der Waals surface area contributed by atoms with Crippen LogP contribution >= 0.6 is 11.6 Å². The van der Waals surface area contributed by atoms with Crippen molar-refractivity contribution in [3.8, 4) is 5.75 Å². The van der Waals surface area contributed by atoms with E-state index in [1.165, 1.54) is 37.4 Å². The Morgan fingerprint density at radius 2 is 1.72 bits per heavy atom. The molecule has 0 saturated heterocycles. The predicted molar refractivity (Wildman–Crippen MR) is 121 cm³/mol. The topological polar surface area (TPSA) is 84.5 Å². The number of carbonyl (C=O) groups excluding carboxylic acids is 1. The maximum absolute atomic E-state index is 13.1. The molecule has 2 N–H and O–H groups in total. The van der Waals surface area contributed by atoms with Gasteiger partial charge in [-0.05, 0) is 47.9 Å². The summed E-state index contributed by atoms with van der Waals surface area (Å²) in [5, 5.41) is 2.92. The number of halogens is 2. The van der Waals surface area contributed by atoms with Gasteiger partial charge in [0.2, 0.25) is 15.9 Å². The van der Waals surface area contributed by atoms with E-state index in [1.807, 2.05) is 6.07 Å². The van der Waals surface area contributed by atoms with Crippen LogP contribution in [0.2, 0.25) is 5.02 Å². The average molecular weight is 477 g/mol.